The summed E-state index contributed by atoms with van der Waals surface area (Å²) in [4.78, 5) is 0. The molecule has 164 valence electrons. The molecule has 0 unspecified atom stereocenters. The van der Waals surface area contributed by atoms with Gasteiger partial charge < -0.3 is 0 Å². The summed E-state index contributed by atoms with van der Waals surface area (Å²) in [7, 11) is 0. The molecule has 0 heteroatoms. The van der Waals surface area contributed by atoms with Crippen LogP contribution in [0.15, 0.2) is 121 Å². The molecular formula is C36H20. The van der Waals surface area contributed by atoms with Crippen LogP contribution in [0.1, 0.15) is 0 Å². The summed E-state index contributed by atoms with van der Waals surface area (Å²) in [5, 5.41) is 13.4. The molecule has 36 heavy (non-hydrogen) atoms. The fourth-order valence-corrected chi connectivity index (χ4v) is 6.76. The van der Waals surface area contributed by atoms with Gasteiger partial charge in [0.2, 0.25) is 0 Å². The molecule has 0 fully saturated rings. The van der Waals surface area contributed by atoms with Crippen molar-refractivity contribution < 1.29 is 0 Å². The van der Waals surface area contributed by atoms with Crippen LogP contribution in [0.3, 0.4) is 0 Å². The molecule has 0 amide bonds. The lowest BCUT2D eigenvalue weighted by atomic mass is 9.86. The Hall–Kier alpha value is -4.68. The van der Waals surface area contributed by atoms with Crippen LogP contribution in [0.25, 0.3) is 87.2 Å². The molecule has 1 aliphatic carbocycles. The van der Waals surface area contributed by atoms with E-state index in [0.717, 1.165) is 0 Å². The van der Waals surface area contributed by atoms with Crippen LogP contribution < -0.4 is 0 Å². The number of hydrogen-bond acceptors (Lipinski definition) is 0. The van der Waals surface area contributed by atoms with Gasteiger partial charge in [-0.3, -0.25) is 0 Å². The monoisotopic (exact) mass is 452 g/mol. The van der Waals surface area contributed by atoms with Crippen molar-refractivity contribution in [3.63, 3.8) is 0 Å². The number of fused-ring (bicyclic) bond motifs is 5. The fourth-order valence-electron chi connectivity index (χ4n) is 6.76. The van der Waals surface area contributed by atoms with Crippen LogP contribution >= 0.6 is 0 Å². The normalized spacial score (nSPS) is 12.4. The average Bonchev–Trinajstić information content (AvgIpc) is 3.24. The lowest BCUT2D eigenvalue weighted by Crippen LogP contribution is -1.89. The standard InChI is InChI=1S/C36H20/c1-2-7-21(8-3-1)33-29-18-25-10-5-4-9-24(25)17-27(29)20-30-28-16-15-23-14-13-22-11-6-12-26-19-31(36(30)33)35(28)34(23)32(22)26/h1-20H. The van der Waals surface area contributed by atoms with E-state index < -0.39 is 0 Å². The zero-order valence-corrected chi connectivity index (χ0v) is 19.5. The van der Waals surface area contributed by atoms with Gasteiger partial charge in [0.15, 0.2) is 0 Å². The summed E-state index contributed by atoms with van der Waals surface area (Å²) in [6.07, 6.45) is 0. The van der Waals surface area contributed by atoms with Crippen molar-refractivity contribution >= 4 is 53.9 Å². The maximum Gasteiger partial charge on any atom is -0.00134 e. The smallest absolute Gasteiger partial charge is 0.00134 e. The van der Waals surface area contributed by atoms with E-state index in [-0.39, 0.29) is 0 Å². The van der Waals surface area contributed by atoms with Crippen LogP contribution in [0.2, 0.25) is 0 Å². The average molecular weight is 453 g/mol. The molecule has 0 atom stereocenters. The van der Waals surface area contributed by atoms with E-state index >= 15 is 0 Å². The van der Waals surface area contributed by atoms with Crippen LogP contribution in [-0.4, -0.2) is 0 Å². The Morgan fingerprint density at radius 1 is 0.306 bits per heavy atom. The van der Waals surface area contributed by atoms with E-state index in [4.69, 9.17) is 0 Å². The second-order valence-corrected chi connectivity index (χ2v) is 10.1. The van der Waals surface area contributed by atoms with Gasteiger partial charge in [0.25, 0.3) is 0 Å². The Balaban J connectivity index is 1.55. The molecule has 0 nitrogen and oxygen atoms in total. The SMILES string of the molecule is c1ccc(-c2c3c(cc4cc5ccccc5cc24)-c2ccc4ccc5cccc6cc-3c2c4c56)cc1. The van der Waals surface area contributed by atoms with Crippen molar-refractivity contribution in [3.05, 3.63) is 121 Å². The molecule has 9 rings (SSSR count). The third-order valence-electron chi connectivity index (χ3n) is 8.26. The molecule has 0 saturated heterocycles. The predicted molar refractivity (Wildman–Crippen MR) is 155 cm³/mol. The summed E-state index contributed by atoms with van der Waals surface area (Å²) in [5.41, 5.74) is 8.07. The Bertz CT molecular complexity index is 2180. The molecule has 0 N–H and O–H groups in total. The van der Waals surface area contributed by atoms with Gasteiger partial charge in [0.1, 0.15) is 0 Å². The first-order valence-electron chi connectivity index (χ1n) is 12.6. The Kier molecular flexibility index (Phi) is 3.36. The lowest BCUT2D eigenvalue weighted by molar-refractivity contribution is 1.65. The first-order chi connectivity index (χ1) is 17.8. The zero-order valence-electron chi connectivity index (χ0n) is 19.5. The highest BCUT2D eigenvalue weighted by Crippen LogP contribution is 2.56. The van der Waals surface area contributed by atoms with Gasteiger partial charge in [-0.25, -0.2) is 0 Å². The van der Waals surface area contributed by atoms with Gasteiger partial charge in [0, 0.05) is 0 Å². The number of benzene rings is 8. The van der Waals surface area contributed by atoms with Crippen LogP contribution in [0.4, 0.5) is 0 Å². The van der Waals surface area contributed by atoms with Gasteiger partial charge in [-0.05, 0) is 112 Å². The van der Waals surface area contributed by atoms with Gasteiger partial charge >= 0.3 is 0 Å². The number of rotatable bonds is 1. The van der Waals surface area contributed by atoms with Crippen molar-refractivity contribution in [2.24, 2.45) is 0 Å². The van der Waals surface area contributed by atoms with E-state index in [1.165, 1.54) is 87.2 Å². The summed E-state index contributed by atoms with van der Waals surface area (Å²) >= 11 is 0. The first-order valence-corrected chi connectivity index (χ1v) is 12.6. The summed E-state index contributed by atoms with van der Waals surface area (Å²) < 4.78 is 0. The van der Waals surface area contributed by atoms with E-state index in [0.29, 0.717) is 0 Å². The fraction of sp³-hybridized carbons (Fsp3) is 0. The largest absolute Gasteiger partial charge is 0.0622 e. The molecule has 8 aromatic carbocycles. The molecule has 0 aromatic heterocycles. The second-order valence-electron chi connectivity index (χ2n) is 10.1. The maximum absolute atomic E-state index is 2.44. The third-order valence-corrected chi connectivity index (χ3v) is 8.26. The van der Waals surface area contributed by atoms with Gasteiger partial charge in [0.05, 0.1) is 0 Å². The zero-order chi connectivity index (χ0) is 23.4. The van der Waals surface area contributed by atoms with Crippen molar-refractivity contribution in [1.29, 1.82) is 0 Å². The van der Waals surface area contributed by atoms with E-state index in [2.05, 4.69) is 121 Å². The molecule has 0 aliphatic heterocycles. The Morgan fingerprint density at radius 2 is 0.972 bits per heavy atom. The van der Waals surface area contributed by atoms with Crippen LogP contribution in [-0.2, 0) is 0 Å². The lowest BCUT2D eigenvalue weighted by Gasteiger charge is -2.16. The molecule has 0 heterocycles. The highest BCUT2D eigenvalue weighted by atomic mass is 14.3. The minimum Gasteiger partial charge on any atom is -0.0622 e. The van der Waals surface area contributed by atoms with Crippen molar-refractivity contribution in [3.8, 4) is 33.4 Å². The molecule has 0 saturated carbocycles. The number of hydrogen-bond donors (Lipinski definition) is 0. The molecule has 0 bridgehead atoms. The van der Waals surface area contributed by atoms with Gasteiger partial charge in [-0.2, -0.15) is 0 Å². The quantitative estimate of drug-likeness (QED) is 0.172. The molecular weight excluding hydrogens is 432 g/mol. The van der Waals surface area contributed by atoms with Gasteiger partial charge in [-0.15, -0.1) is 0 Å². The van der Waals surface area contributed by atoms with E-state index in [1.807, 2.05) is 0 Å². The Labute approximate surface area is 208 Å². The van der Waals surface area contributed by atoms with Crippen LogP contribution in [0, 0.1) is 0 Å². The van der Waals surface area contributed by atoms with Crippen LogP contribution in [0.5, 0.6) is 0 Å². The first kappa shape index (κ1) is 18.6. The summed E-state index contributed by atoms with van der Waals surface area (Å²) in [6.45, 7) is 0. The predicted octanol–water partition coefficient (Wildman–Crippen LogP) is 10.2. The third kappa shape index (κ3) is 2.25. The van der Waals surface area contributed by atoms with E-state index in [9.17, 15) is 0 Å². The molecule has 1 aliphatic rings. The van der Waals surface area contributed by atoms with Crippen molar-refractivity contribution in [2.45, 2.75) is 0 Å². The minimum absolute atomic E-state index is 1.27. The molecule has 8 aromatic rings. The summed E-state index contributed by atoms with van der Waals surface area (Å²) in [6, 6.07) is 45.2. The second kappa shape index (κ2) is 6.50. The van der Waals surface area contributed by atoms with E-state index in [1.54, 1.807) is 0 Å². The topological polar surface area (TPSA) is 0 Å². The van der Waals surface area contributed by atoms with Gasteiger partial charge in [-0.1, -0.05) is 97.1 Å². The summed E-state index contributed by atoms with van der Waals surface area (Å²) in [5.74, 6) is 0. The van der Waals surface area contributed by atoms with Crippen molar-refractivity contribution in [2.75, 3.05) is 0 Å². The highest BCUT2D eigenvalue weighted by molar-refractivity contribution is 6.34. The Morgan fingerprint density at radius 3 is 1.83 bits per heavy atom. The molecule has 0 radical (unpaired) electrons. The maximum atomic E-state index is 2.44. The molecule has 0 spiro atoms. The minimum atomic E-state index is 1.27. The van der Waals surface area contributed by atoms with Crippen molar-refractivity contribution in [1.82, 2.24) is 0 Å². The highest BCUT2D eigenvalue weighted by Gasteiger charge is 2.28.